The molecule has 0 saturated carbocycles. The third-order valence-electron chi connectivity index (χ3n) is 3.77. The molecule has 116 valence electrons. The van der Waals surface area contributed by atoms with E-state index in [-0.39, 0.29) is 0 Å². The summed E-state index contributed by atoms with van der Waals surface area (Å²) in [5.74, 6) is 0.857. The normalized spacial score (nSPS) is 11.4. The Hall–Kier alpha value is -0.830. The van der Waals surface area contributed by atoms with Gasteiger partial charge in [-0.2, -0.15) is 5.10 Å². The summed E-state index contributed by atoms with van der Waals surface area (Å²) in [4.78, 5) is 0. The SMILES string of the molecule is CCc1cc(CNCCCCCCC(C)C)n(CC)n1. The molecule has 1 heterocycles. The number of nitrogens with one attached hydrogen (secondary N) is 1. The van der Waals surface area contributed by atoms with Crippen LogP contribution in [-0.2, 0) is 19.5 Å². The zero-order valence-electron chi connectivity index (χ0n) is 13.9. The molecular formula is C17H33N3. The Morgan fingerprint density at radius 3 is 2.55 bits per heavy atom. The second kappa shape index (κ2) is 9.98. The summed E-state index contributed by atoms with van der Waals surface area (Å²) in [5, 5.41) is 8.13. The Morgan fingerprint density at radius 2 is 1.90 bits per heavy atom. The zero-order chi connectivity index (χ0) is 14.8. The van der Waals surface area contributed by atoms with E-state index in [2.05, 4.69) is 48.9 Å². The van der Waals surface area contributed by atoms with Crippen molar-refractivity contribution in [2.24, 2.45) is 5.92 Å². The van der Waals surface area contributed by atoms with Crippen LogP contribution in [0.25, 0.3) is 0 Å². The molecule has 1 N–H and O–H groups in total. The van der Waals surface area contributed by atoms with Crippen LogP contribution in [0, 0.1) is 5.92 Å². The van der Waals surface area contributed by atoms with E-state index < -0.39 is 0 Å². The van der Waals surface area contributed by atoms with Gasteiger partial charge in [-0.15, -0.1) is 0 Å². The molecule has 0 aromatic carbocycles. The summed E-state index contributed by atoms with van der Waals surface area (Å²) in [6, 6.07) is 2.24. The highest BCUT2D eigenvalue weighted by molar-refractivity contribution is 5.10. The topological polar surface area (TPSA) is 29.9 Å². The quantitative estimate of drug-likeness (QED) is 0.616. The van der Waals surface area contributed by atoms with Crippen LogP contribution >= 0.6 is 0 Å². The molecule has 0 bridgehead atoms. The highest BCUT2D eigenvalue weighted by Crippen LogP contribution is 2.09. The fourth-order valence-electron chi connectivity index (χ4n) is 2.48. The summed E-state index contributed by atoms with van der Waals surface area (Å²) in [5.41, 5.74) is 2.53. The first kappa shape index (κ1) is 17.2. The highest BCUT2D eigenvalue weighted by atomic mass is 15.3. The maximum Gasteiger partial charge on any atom is 0.0625 e. The van der Waals surface area contributed by atoms with Gasteiger partial charge in [0.1, 0.15) is 0 Å². The van der Waals surface area contributed by atoms with Gasteiger partial charge in [-0.05, 0) is 38.3 Å². The van der Waals surface area contributed by atoms with Crippen LogP contribution in [0.5, 0.6) is 0 Å². The largest absolute Gasteiger partial charge is 0.311 e. The van der Waals surface area contributed by atoms with Crippen LogP contribution in [0.2, 0.25) is 0 Å². The number of hydrogen-bond acceptors (Lipinski definition) is 2. The standard InChI is InChI=1S/C17H33N3/c1-5-16-13-17(20(6-2)19-16)14-18-12-10-8-7-9-11-15(3)4/h13,15,18H,5-12,14H2,1-4H3. The third-order valence-corrected chi connectivity index (χ3v) is 3.77. The number of unbranched alkanes of at least 4 members (excludes halogenated alkanes) is 3. The van der Waals surface area contributed by atoms with Crippen molar-refractivity contribution >= 4 is 0 Å². The average molecular weight is 279 g/mol. The van der Waals surface area contributed by atoms with Crippen LogP contribution in [0.3, 0.4) is 0 Å². The molecule has 0 unspecified atom stereocenters. The first-order valence-corrected chi connectivity index (χ1v) is 8.43. The van der Waals surface area contributed by atoms with Crippen molar-refractivity contribution in [1.82, 2.24) is 15.1 Å². The second-order valence-electron chi connectivity index (χ2n) is 6.07. The smallest absolute Gasteiger partial charge is 0.0625 e. The summed E-state index contributed by atoms with van der Waals surface area (Å²) >= 11 is 0. The van der Waals surface area contributed by atoms with Gasteiger partial charge in [0.05, 0.1) is 11.4 Å². The maximum atomic E-state index is 4.58. The Balaban J connectivity index is 2.10. The molecule has 0 aliphatic carbocycles. The molecule has 0 saturated heterocycles. The van der Waals surface area contributed by atoms with E-state index in [1.807, 2.05) is 0 Å². The highest BCUT2D eigenvalue weighted by Gasteiger charge is 2.04. The van der Waals surface area contributed by atoms with Crippen molar-refractivity contribution in [2.45, 2.75) is 79.3 Å². The van der Waals surface area contributed by atoms with Crippen LogP contribution < -0.4 is 5.32 Å². The summed E-state index contributed by atoms with van der Waals surface area (Å²) in [6.45, 7) is 12.0. The molecule has 1 aromatic heterocycles. The van der Waals surface area contributed by atoms with Crippen molar-refractivity contribution in [3.05, 3.63) is 17.5 Å². The minimum Gasteiger partial charge on any atom is -0.311 e. The fourth-order valence-corrected chi connectivity index (χ4v) is 2.48. The van der Waals surface area contributed by atoms with Crippen molar-refractivity contribution in [2.75, 3.05) is 6.54 Å². The lowest BCUT2D eigenvalue weighted by Crippen LogP contribution is -2.17. The van der Waals surface area contributed by atoms with Crippen molar-refractivity contribution in [3.8, 4) is 0 Å². The zero-order valence-corrected chi connectivity index (χ0v) is 13.9. The van der Waals surface area contributed by atoms with Gasteiger partial charge >= 0.3 is 0 Å². The van der Waals surface area contributed by atoms with E-state index in [4.69, 9.17) is 0 Å². The van der Waals surface area contributed by atoms with Gasteiger partial charge in [0.2, 0.25) is 0 Å². The van der Waals surface area contributed by atoms with Crippen molar-refractivity contribution < 1.29 is 0 Å². The Labute approximate surface area is 125 Å². The Morgan fingerprint density at radius 1 is 1.15 bits per heavy atom. The van der Waals surface area contributed by atoms with Crippen molar-refractivity contribution in [1.29, 1.82) is 0 Å². The van der Waals surface area contributed by atoms with Gasteiger partial charge < -0.3 is 5.32 Å². The molecular weight excluding hydrogens is 246 g/mol. The first-order valence-electron chi connectivity index (χ1n) is 8.43. The molecule has 0 fully saturated rings. The molecule has 0 aliphatic rings. The number of nitrogens with zero attached hydrogens (tertiary/aromatic N) is 2. The van der Waals surface area contributed by atoms with E-state index in [0.717, 1.165) is 32.0 Å². The number of aryl methyl sites for hydroxylation is 2. The van der Waals surface area contributed by atoms with Crippen LogP contribution in [-0.4, -0.2) is 16.3 Å². The van der Waals surface area contributed by atoms with E-state index in [1.165, 1.54) is 43.5 Å². The molecule has 3 nitrogen and oxygen atoms in total. The number of rotatable bonds is 11. The summed E-state index contributed by atoms with van der Waals surface area (Å²) in [7, 11) is 0. The monoisotopic (exact) mass is 279 g/mol. The van der Waals surface area contributed by atoms with Gasteiger partial charge in [0.15, 0.2) is 0 Å². The molecule has 3 heteroatoms. The average Bonchev–Trinajstić information content (AvgIpc) is 2.84. The second-order valence-corrected chi connectivity index (χ2v) is 6.07. The molecule has 0 radical (unpaired) electrons. The van der Waals surface area contributed by atoms with Gasteiger partial charge in [0, 0.05) is 13.1 Å². The lowest BCUT2D eigenvalue weighted by molar-refractivity contribution is 0.508. The molecule has 0 amide bonds. The molecule has 20 heavy (non-hydrogen) atoms. The fraction of sp³-hybridized carbons (Fsp3) is 0.824. The summed E-state index contributed by atoms with van der Waals surface area (Å²) in [6.07, 6.45) is 7.82. The maximum absolute atomic E-state index is 4.58. The number of aromatic nitrogens is 2. The lowest BCUT2D eigenvalue weighted by atomic mass is 10.0. The Bertz CT molecular complexity index is 355. The van der Waals surface area contributed by atoms with E-state index in [1.54, 1.807) is 0 Å². The first-order chi connectivity index (χ1) is 9.67. The predicted octanol–water partition coefficient (Wildman–Crippen LogP) is 4.16. The van der Waals surface area contributed by atoms with Gasteiger partial charge in [-0.3, -0.25) is 4.68 Å². The predicted molar refractivity (Wildman–Crippen MR) is 86.9 cm³/mol. The molecule has 0 spiro atoms. The van der Waals surface area contributed by atoms with Crippen LogP contribution in [0.1, 0.15) is 71.2 Å². The van der Waals surface area contributed by atoms with Gasteiger partial charge in [-0.1, -0.05) is 46.5 Å². The molecule has 0 atom stereocenters. The molecule has 0 aliphatic heterocycles. The van der Waals surface area contributed by atoms with Crippen LogP contribution in [0.15, 0.2) is 6.07 Å². The minimum atomic E-state index is 0.857. The molecule has 1 aromatic rings. The van der Waals surface area contributed by atoms with E-state index in [9.17, 15) is 0 Å². The van der Waals surface area contributed by atoms with Gasteiger partial charge in [-0.25, -0.2) is 0 Å². The molecule has 1 rings (SSSR count). The van der Waals surface area contributed by atoms with E-state index >= 15 is 0 Å². The summed E-state index contributed by atoms with van der Waals surface area (Å²) < 4.78 is 2.12. The Kier molecular flexibility index (Phi) is 8.59. The number of hydrogen-bond donors (Lipinski definition) is 1. The van der Waals surface area contributed by atoms with Crippen LogP contribution in [0.4, 0.5) is 0 Å². The van der Waals surface area contributed by atoms with Crippen molar-refractivity contribution in [3.63, 3.8) is 0 Å². The lowest BCUT2D eigenvalue weighted by Gasteiger charge is -2.07. The third kappa shape index (κ3) is 6.56. The minimum absolute atomic E-state index is 0.857. The van der Waals surface area contributed by atoms with Gasteiger partial charge in [0.25, 0.3) is 0 Å². The van der Waals surface area contributed by atoms with E-state index in [0.29, 0.717) is 0 Å².